The topological polar surface area (TPSA) is 34.1 Å². The highest BCUT2D eigenvalue weighted by Gasteiger charge is 1.90. The highest BCUT2D eigenvalue weighted by molar-refractivity contribution is 6.01. The zero-order valence-corrected chi connectivity index (χ0v) is 3.60. The van der Waals surface area contributed by atoms with Crippen molar-refractivity contribution in [3.05, 3.63) is 0 Å². The second-order valence-electron chi connectivity index (χ2n) is 0.889. The third-order valence-electron chi connectivity index (χ3n) is 0.394. The molecule has 35 valence electrons. The smallest absolute Gasteiger partial charge is 0.213 e. The summed E-state index contributed by atoms with van der Waals surface area (Å²) in [6.07, 6.45) is 5.67. The molecule has 0 saturated carbocycles. The Morgan fingerprint density at radius 3 is 2.43 bits per heavy atom. The van der Waals surface area contributed by atoms with E-state index in [2.05, 4.69) is 6.42 Å². The Kier molecular flexibility index (Phi) is 2.62. The zero-order chi connectivity index (χ0) is 5.70. The summed E-state index contributed by atoms with van der Waals surface area (Å²) in [5.41, 5.74) is 0. The molecule has 0 aliphatic rings. The van der Waals surface area contributed by atoms with Gasteiger partial charge in [0.15, 0.2) is 0 Å². The lowest BCUT2D eigenvalue weighted by molar-refractivity contribution is -0.112. The summed E-state index contributed by atoms with van der Waals surface area (Å²) in [6.45, 7) is 0. The molecular formula is C5H3O2. The van der Waals surface area contributed by atoms with Gasteiger partial charge in [0.05, 0.1) is 6.42 Å². The minimum atomic E-state index is -0.519. The van der Waals surface area contributed by atoms with Crippen molar-refractivity contribution in [1.82, 2.24) is 0 Å². The standard InChI is InChI=1S/C5H3O2/c1-2-5(7)3-4-6/h1H,3H2. The van der Waals surface area contributed by atoms with Gasteiger partial charge in [-0.15, -0.1) is 6.42 Å². The van der Waals surface area contributed by atoms with Crippen LogP contribution in [0.5, 0.6) is 0 Å². The molecule has 0 rings (SSSR count). The second kappa shape index (κ2) is 3.10. The van der Waals surface area contributed by atoms with Crippen molar-refractivity contribution in [2.75, 3.05) is 0 Å². The first kappa shape index (κ1) is 5.90. The van der Waals surface area contributed by atoms with Gasteiger partial charge in [0.1, 0.15) is 0 Å². The summed E-state index contributed by atoms with van der Waals surface area (Å²) in [5.74, 6) is 1.25. The average molecular weight is 95.1 g/mol. The van der Waals surface area contributed by atoms with E-state index < -0.39 is 5.78 Å². The Hall–Kier alpha value is -1.10. The molecule has 0 saturated heterocycles. The van der Waals surface area contributed by atoms with E-state index in [4.69, 9.17) is 0 Å². The first-order valence-electron chi connectivity index (χ1n) is 1.65. The van der Waals surface area contributed by atoms with Gasteiger partial charge in [-0.1, -0.05) is 0 Å². The molecule has 0 aliphatic heterocycles. The number of hydrogen-bond donors (Lipinski definition) is 0. The van der Waals surface area contributed by atoms with E-state index in [1.54, 1.807) is 5.92 Å². The second-order valence-corrected chi connectivity index (χ2v) is 0.889. The molecule has 7 heavy (non-hydrogen) atoms. The van der Waals surface area contributed by atoms with E-state index in [0.29, 0.717) is 0 Å². The van der Waals surface area contributed by atoms with Gasteiger partial charge < -0.3 is 0 Å². The van der Waals surface area contributed by atoms with Gasteiger partial charge in [-0.2, -0.15) is 0 Å². The molecule has 0 amide bonds. The van der Waals surface area contributed by atoms with Gasteiger partial charge in [0, 0.05) is 0 Å². The average Bonchev–Trinajstić information content (AvgIpc) is 1.68. The molecule has 0 aromatic rings. The fraction of sp³-hybridized carbons (Fsp3) is 0.200. The van der Waals surface area contributed by atoms with Crippen LogP contribution in [0.1, 0.15) is 6.42 Å². The van der Waals surface area contributed by atoms with Crippen LogP contribution in [0.15, 0.2) is 0 Å². The monoisotopic (exact) mass is 95.0 g/mol. The molecule has 2 heteroatoms. The molecule has 0 aliphatic carbocycles. The number of Topliss-reactive ketones (excluding diaryl/α,β-unsaturated/α-hetero) is 1. The zero-order valence-electron chi connectivity index (χ0n) is 3.60. The number of carbonyl (C=O) groups excluding carboxylic acids is 2. The minimum Gasteiger partial charge on any atom is -0.290 e. The van der Waals surface area contributed by atoms with Crippen molar-refractivity contribution < 1.29 is 9.59 Å². The maximum absolute atomic E-state index is 9.91. The molecule has 0 atom stereocenters. The van der Waals surface area contributed by atoms with Crippen molar-refractivity contribution in [1.29, 1.82) is 0 Å². The molecule has 0 aromatic heterocycles. The summed E-state index contributed by atoms with van der Waals surface area (Å²) in [4.78, 5) is 19.2. The quantitative estimate of drug-likeness (QED) is 0.268. The lowest BCUT2D eigenvalue weighted by Gasteiger charge is -1.70. The van der Waals surface area contributed by atoms with E-state index in [1.807, 2.05) is 0 Å². The van der Waals surface area contributed by atoms with Crippen molar-refractivity contribution >= 4 is 12.1 Å². The number of terminal acetylenes is 1. The lowest BCUT2D eigenvalue weighted by Crippen LogP contribution is -1.90. The van der Waals surface area contributed by atoms with Crippen LogP contribution in [0.3, 0.4) is 0 Å². The van der Waals surface area contributed by atoms with Crippen LogP contribution in [0.25, 0.3) is 0 Å². The van der Waals surface area contributed by atoms with Gasteiger partial charge in [0.25, 0.3) is 0 Å². The van der Waals surface area contributed by atoms with Crippen molar-refractivity contribution in [3.63, 3.8) is 0 Å². The lowest BCUT2D eigenvalue weighted by atomic mass is 10.3. The predicted octanol–water partition coefficient (Wildman–Crippen LogP) is -0.311. The molecule has 0 heterocycles. The first-order valence-corrected chi connectivity index (χ1v) is 1.65. The SMILES string of the molecule is C#CC(=O)C[C]=O. The molecule has 0 N–H and O–H groups in total. The van der Waals surface area contributed by atoms with Crippen molar-refractivity contribution in [2.24, 2.45) is 0 Å². The first-order chi connectivity index (χ1) is 3.31. The number of ketones is 1. The van der Waals surface area contributed by atoms with Crippen LogP contribution >= 0.6 is 0 Å². The normalized spacial score (nSPS) is 6.71. The van der Waals surface area contributed by atoms with Crippen LogP contribution in [0.2, 0.25) is 0 Å². The fourth-order valence-electron chi connectivity index (χ4n) is 0.117. The van der Waals surface area contributed by atoms with Gasteiger partial charge >= 0.3 is 0 Å². The van der Waals surface area contributed by atoms with E-state index in [0.717, 1.165) is 0 Å². The molecule has 0 spiro atoms. The maximum Gasteiger partial charge on any atom is 0.213 e. The molecule has 0 aromatic carbocycles. The minimum absolute atomic E-state index is 0.281. The van der Waals surface area contributed by atoms with Crippen LogP contribution in [-0.4, -0.2) is 12.1 Å². The number of carbonyl (C=O) groups is 1. The highest BCUT2D eigenvalue weighted by Crippen LogP contribution is 1.70. The number of rotatable bonds is 2. The van der Waals surface area contributed by atoms with E-state index in [9.17, 15) is 9.59 Å². The van der Waals surface area contributed by atoms with Crippen molar-refractivity contribution in [2.45, 2.75) is 6.42 Å². The summed E-state index contributed by atoms with van der Waals surface area (Å²) in [7, 11) is 0. The predicted molar refractivity (Wildman–Crippen MR) is 24.2 cm³/mol. The van der Waals surface area contributed by atoms with Crippen LogP contribution in [-0.2, 0) is 9.59 Å². The molecule has 2 nitrogen and oxygen atoms in total. The molecule has 0 fully saturated rings. The number of hydrogen-bond acceptors (Lipinski definition) is 2. The molecule has 0 unspecified atom stereocenters. The summed E-state index contributed by atoms with van der Waals surface area (Å²) < 4.78 is 0. The fourth-order valence-corrected chi connectivity index (χ4v) is 0.117. The summed E-state index contributed by atoms with van der Waals surface area (Å²) in [6, 6.07) is 0. The summed E-state index contributed by atoms with van der Waals surface area (Å²) in [5, 5.41) is 0. The van der Waals surface area contributed by atoms with Gasteiger partial charge in [-0.25, -0.2) is 0 Å². The van der Waals surface area contributed by atoms with E-state index in [1.165, 1.54) is 6.29 Å². The highest BCUT2D eigenvalue weighted by atomic mass is 16.1. The van der Waals surface area contributed by atoms with E-state index >= 15 is 0 Å². The Labute approximate surface area is 41.5 Å². The third-order valence-corrected chi connectivity index (χ3v) is 0.394. The van der Waals surface area contributed by atoms with Crippen LogP contribution in [0, 0.1) is 12.3 Å². The Morgan fingerprint density at radius 2 is 2.29 bits per heavy atom. The largest absolute Gasteiger partial charge is 0.290 e. The Bertz CT molecular complexity index is 119. The third kappa shape index (κ3) is 2.71. The Morgan fingerprint density at radius 1 is 1.71 bits per heavy atom. The van der Waals surface area contributed by atoms with Crippen LogP contribution < -0.4 is 0 Å². The molecular weight excluding hydrogens is 92.1 g/mol. The van der Waals surface area contributed by atoms with E-state index in [-0.39, 0.29) is 6.42 Å². The maximum atomic E-state index is 9.91. The van der Waals surface area contributed by atoms with Crippen LogP contribution in [0.4, 0.5) is 0 Å². The Balaban J connectivity index is 3.43. The molecule has 1 radical (unpaired) electrons. The molecule has 0 bridgehead atoms. The van der Waals surface area contributed by atoms with Gasteiger partial charge in [0.2, 0.25) is 12.1 Å². The van der Waals surface area contributed by atoms with Crippen molar-refractivity contribution in [3.8, 4) is 12.3 Å². The summed E-state index contributed by atoms with van der Waals surface area (Å²) >= 11 is 0. The van der Waals surface area contributed by atoms with Gasteiger partial charge in [-0.3, -0.25) is 9.59 Å². The van der Waals surface area contributed by atoms with Gasteiger partial charge in [-0.05, 0) is 5.92 Å².